The van der Waals surface area contributed by atoms with Crippen molar-refractivity contribution < 1.29 is 5.11 Å². The summed E-state index contributed by atoms with van der Waals surface area (Å²) in [6.45, 7) is 15.0. The second-order valence-electron chi connectivity index (χ2n) is 11.6. The second kappa shape index (κ2) is 10.4. The Morgan fingerprint density at radius 3 is 2.78 bits per heavy atom. The van der Waals surface area contributed by atoms with Crippen LogP contribution in [0.1, 0.15) is 79.1 Å². The molecule has 4 aliphatic rings. The fraction of sp³-hybridized carbons (Fsp3) is 0.733. The molecule has 178 valence electrons. The molecule has 8 atom stereocenters. The van der Waals surface area contributed by atoms with Gasteiger partial charge in [-0.25, -0.2) is 0 Å². The number of aliphatic hydroxyl groups is 1. The predicted molar refractivity (Wildman–Crippen MR) is 136 cm³/mol. The van der Waals surface area contributed by atoms with Crippen LogP contribution >= 0.6 is 0 Å². The fourth-order valence-corrected chi connectivity index (χ4v) is 7.25. The molecule has 0 amide bonds. The van der Waals surface area contributed by atoms with Gasteiger partial charge in [-0.15, -0.1) is 0 Å². The molecular weight excluding hydrogens is 390 g/mol. The van der Waals surface area contributed by atoms with Gasteiger partial charge in [0.25, 0.3) is 0 Å². The van der Waals surface area contributed by atoms with E-state index in [1.807, 2.05) is 0 Å². The van der Waals surface area contributed by atoms with Crippen molar-refractivity contribution in [3.8, 4) is 0 Å². The summed E-state index contributed by atoms with van der Waals surface area (Å²) in [7, 11) is 0. The zero-order valence-electron chi connectivity index (χ0n) is 21.0. The first-order valence-electron chi connectivity index (χ1n) is 13.6. The van der Waals surface area contributed by atoms with E-state index in [4.69, 9.17) is 0 Å². The van der Waals surface area contributed by atoms with Gasteiger partial charge in [-0.1, -0.05) is 77.0 Å². The zero-order valence-corrected chi connectivity index (χ0v) is 21.0. The summed E-state index contributed by atoms with van der Waals surface area (Å²) in [5.74, 6) is 4.18. The summed E-state index contributed by atoms with van der Waals surface area (Å²) in [6.07, 6.45) is 19.0. The van der Waals surface area contributed by atoms with Crippen LogP contribution in [0.5, 0.6) is 0 Å². The van der Waals surface area contributed by atoms with Crippen LogP contribution in [0.4, 0.5) is 0 Å². The number of rotatable bonds is 6. The van der Waals surface area contributed by atoms with Crippen molar-refractivity contribution in [2.75, 3.05) is 6.54 Å². The Morgan fingerprint density at radius 2 is 2.03 bits per heavy atom. The highest BCUT2D eigenvalue weighted by Gasteiger charge is 2.41. The summed E-state index contributed by atoms with van der Waals surface area (Å²) >= 11 is 0. The highest BCUT2D eigenvalue weighted by atomic mass is 16.3. The van der Waals surface area contributed by atoms with Gasteiger partial charge >= 0.3 is 0 Å². The van der Waals surface area contributed by atoms with Gasteiger partial charge in [0, 0.05) is 18.5 Å². The average Bonchev–Trinajstić information content (AvgIpc) is 3.05. The second-order valence-corrected chi connectivity index (χ2v) is 11.6. The van der Waals surface area contributed by atoms with Crippen molar-refractivity contribution in [2.24, 2.45) is 41.4 Å². The number of nitrogens with one attached hydrogen (secondary N) is 1. The van der Waals surface area contributed by atoms with Crippen LogP contribution in [0.15, 0.2) is 47.6 Å². The van der Waals surface area contributed by atoms with Crippen LogP contribution in [0.2, 0.25) is 0 Å². The summed E-state index contributed by atoms with van der Waals surface area (Å²) in [5.41, 5.74) is 4.00. The highest BCUT2D eigenvalue weighted by molar-refractivity contribution is 5.35. The third-order valence-corrected chi connectivity index (χ3v) is 9.42. The number of allylic oxidation sites excluding steroid dienone is 3. The Hall–Kier alpha value is -1.12. The van der Waals surface area contributed by atoms with Gasteiger partial charge in [-0.2, -0.15) is 0 Å². The lowest BCUT2D eigenvalue weighted by Crippen LogP contribution is -2.34. The maximum Gasteiger partial charge on any atom is 0.0849 e. The smallest absolute Gasteiger partial charge is 0.0849 e. The van der Waals surface area contributed by atoms with Crippen LogP contribution in [0.3, 0.4) is 0 Å². The standard InChI is InChI=1S/C30H47NO/c1-6-22-14-15-23(16-26(22)19(2)3)21(5)30(32)24-13-12-20(4)27(17-24)28-18-31-29-11-9-7-8-10-25(28)29/h10,12-13,15,19-20,22,24,26-32H,5-9,11,14,16-18H2,1-4H3. The van der Waals surface area contributed by atoms with Crippen molar-refractivity contribution in [1.82, 2.24) is 5.32 Å². The summed E-state index contributed by atoms with van der Waals surface area (Å²) in [6, 6.07) is 0.603. The van der Waals surface area contributed by atoms with Gasteiger partial charge in [-0.05, 0) is 85.2 Å². The topological polar surface area (TPSA) is 32.3 Å². The molecule has 1 saturated heterocycles. The first-order valence-corrected chi connectivity index (χ1v) is 13.6. The SMILES string of the molecule is C=C(C1=CCC(CC)C(C(C)C)C1)C(O)C1C=CC(C)C(C2CNC3CCCCC=C32)C1. The maximum absolute atomic E-state index is 11.4. The minimum atomic E-state index is -0.452. The molecule has 2 heteroatoms. The summed E-state index contributed by atoms with van der Waals surface area (Å²) in [5, 5.41) is 15.3. The lowest BCUT2D eigenvalue weighted by atomic mass is 9.67. The van der Waals surface area contributed by atoms with Gasteiger partial charge in [0.15, 0.2) is 0 Å². The van der Waals surface area contributed by atoms with Crippen LogP contribution < -0.4 is 5.32 Å². The van der Waals surface area contributed by atoms with Gasteiger partial charge in [0.1, 0.15) is 0 Å². The first-order chi connectivity index (χ1) is 15.4. The number of hydrogen-bond acceptors (Lipinski definition) is 2. The zero-order chi connectivity index (χ0) is 22.8. The molecule has 1 fully saturated rings. The Balaban J connectivity index is 1.46. The highest BCUT2D eigenvalue weighted by Crippen LogP contribution is 2.45. The van der Waals surface area contributed by atoms with Crippen LogP contribution in [-0.2, 0) is 0 Å². The van der Waals surface area contributed by atoms with Crippen molar-refractivity contribution >= 4 is 0 Å². The third-order valence-electron chi connectivity index (χ3n) is 9.42. The number of fused-ring (bicyclic) bond motifs is 1. The molecule has 0 bridgehead atoms. The van der Waals surface area contributed by atoms with Crippen molar-refractivity contribution in [1.29, 1.82) is 0 Å². The molecule has 0 radical (unpaired) electrons. The Morgan fingerprint density at radius 1 is 1.22 bits per heavy atom. The van der Waals surface area contributed by atoms with Crippen molar-refractivity contribution in [3.05, 3.63) is 47.6 Å². The normalized spacial score (nSPS) is 38.6. The molecule has 0 spiro atoms. The van der Waals surface area contributed by atoms with E-state index < -0.39 is 6.10 Å². The van der Waals surface area contributed by atoms with Crippen LogP contribution in [0, 0.1) is 41.4 Å². The van der Waals surface area contributed by atoms with Gasteiger partial charge < -0.3 is 10.4 Å². The van der Waals surface area contributed by atoms with Crippen LogP contribution in [0.25, 0.3) is 0 Å². The monoisotopic (exact) mass is 437 g/mol. The molecule has 8 unspecified atom stereocenters. The van der Waals surface area contributed by atoms with E-state index in [1.165, 1.54) is 37.7 Å². The van der Waals surface area contributed by atoms with E-state index in [2.05, 4.69) is 63.9 Å². The Kier molecular flexibility index (Phi) is 7.83. The molecule has 3 aliphatic carbocycles. The van der Waals surface area contributed by atoms with E-state index >= 15 is 0 Å². The van der Waals surface area contributed by atoms with E-state index in [1.54, 1.807) is 5.57 Å². The third kappa shape index (κ3) is 4.87. The summed E-state index contributed by atoms with van der Waals surface area (Å²) in [4.78, 5) is 0. The summed E-state index contributed by atoms with van der Waals surface area (Å²) < 4.78 is 0. The Labute approximate surface area is 197 Å². The van der Waals surface area contributed by atoms with Gasteiger partial charge in [-0.3, -0.25) is 0 Å². The van der Waals surface area contributed by atoms with Gasteiger partial charge in [0.2, 0.25) is 0 Å². The first kappa shape index (κ1) is 24.0. The van der Waals surface area contributed by atoms with Crippen molar-refractivity contribution in [2.45, 2.75) is 91.2 Å². The van der Waals surface area contributed by atoms with E-state index in [0.29, 0.717) is 35.6 Å². The van der Waals surface area contributed by atoms with Gasteiger partial charge in [0.05, 0.1) is 6.10 Å². The molecule has 32 heavy (non-hydrogen) atoms. The molecule has 1 aliphatic heterocycles. The molecule has 2 nitrogen and oxygen atoms in total. The van der Waals surface area contributed by atoms with Crippen LogP contribution in [-0.4, -0.2) is 23.8 Å². The minimum absolute atomic E-state index is 0.191. The predicted octanol–water partition coefficient (Wildman–Crippen LogP) is 6.84. The molecule has 0 saturated carbocycles. The molecule has 2 N–H and O–H groups in total. The van der Waals surface area contributed by atoms with E-state index in [0.717, 1.165) is 37.3 Å². The van der Waals surface area contributed by atoms with E-state index in [-0.39, 0.29) is 5.92 Å². The maximum atomic E-state index is 11.4. The minimum Gasteiger partial charge on any atom is -0.388 e. The quantitative estimate of drug-likeness (QED) is 0.446. The Bertz CT molecular complexity index is 759. The molecule has 4 rings (SSSR count). The van der Waals surface area contributed by atoms with Crippen molar-refractivity contribution in [3.63, 3.8) is 0 Å². The molecule has 0 aromatic carbocycles. The fourth-order valence-electron chi connectivity index (χ4n) is 7.25. The number of aliphatic hydroxyl groups excluding tert-OH is 1. The largest absolute Gasteiger partial charge is 0.388 e. The molecular formula is C30H47NO. The average molecular weight is 438 g/mol. The molecule has 0 aromatic rings. The number of hydrogen-bond donors (Lipinski definition) is 2. The lowest BCUT2D eigenvalue weighted by molar-refractivity contribution is 0.126. The van der Waals surface area contributed by atoms with E-state index in [9.17, 15) is 5.11 Å². The molecule has 0 aromatic heterocycles. The molecule has 1 heterocycles. The lowest BCUT2D eigenvalue weighted by Gasteiger charge is -2.39.